The molecule has 11 nitrogen and oxygen atoms in total. The molecule has 1 amide bonds. The van der Waals surface area contributed by atoms with Gasteiger partial charge in [0.25, 0.3) is 0 Å². The maximum Gasteiger partial charge on any atom is 0.214 e. The van der Waals surface area contributed by atoms with Crippen LogP contribution in [-0.4, -0.2) is 40.6 Å². The van der Waals surface area contributed by atoms with Crippen LogP contribution >= 0.6 is 11.3 Å². The molecular weight excluding hydrogens is 472 g/mol. The Hall–Kier alpha value is -1.97. The van der Waals surface area contributed by atoms with Gasteiger partial charge in [-0.1, -0.05) is 0 Å². The number of carbonyl (C=O) groups is 1. The molecule has 184 valence electrons. The van der Waals surface area contributed by atoms with Crippen LogP contribution in [0.15, 0.2) is 16.5 Å². The third kappa shape index (κ3) is 6.33. The van der Waals surface area contributed by atoms with Crippen molar-refractivity contribution in [1.29, 1.82) is 0 Å². The molecule has 2 aliphatic rings. The first-order valence-electron chi connectivity index (χ1n) is 9.93. The summed E-state index contributed by atoms with van der Waals surface area (Å²) in [5.74, 6) is -4.14. The van der Waals surface area contributed by atoms with Crippen molar-refractivity contribution < 1.29 is 34.5 Å². The lowest BCUT2D eigenvalue weighted by Gasteiger charge is -2.21. The van der Waals surface area contributed by atoms with E-state index >= 15 is 0 Å². The number of carbonyl (C=O) groups excluding carboxylic acids is 1. The standard InChI is InChI=1S/C12H15NO4.C6H10N2O2S2.C2H5NO/c13-10-6-1-3-11(14,15)8(6)5-9-7(10)2-4-12(9,16)17;1-6(2,9)5-8-3-4(11-5)12(7)10;1-2(3)4/h5,14-17H,1-4,13H2;3,9H,7H2,1-2H3;1H3,(H2,3,4). The molecule has 0 fully saturated rings. The summed E-state index contributed by atoms with van der Waals surface area (Å²) in [7, 11) is -1.50. The number of nitrogen functional groups attached to an aromatic ring is 1. The number of rotatable bonds is 2. The quantitative estimate of drug-likeness (QED) is 0.191. The highest BCUT2D eigenvalue weighted by Gasteiger charge is 2.42. The summed E-state index contributed by atoms with van der Waals surface area (Å²) in [6.45, 7) is 4.55. The number of thiazole rings is 1. The molecule has 2 aliphatic carbocycles. The molecule has 0 radical (unpaired) electrons. The summed E-state index contributed by atoms with van der Waals surface area (Å²) in [5, 5.41) is 54.4. The molecule has 2 aromatic rings. The van der Waals surface area contributed by atoms with Gasteiger partial charge in [-0.25, -0.2) is 14.3 Å². The van der Waals surface area contributed by atoms with Crippen molar-refractivity contribution in [1.82, 2.24) is 4.98 Å². The van der Waals surface area contributed by atoms with Crippen LogP contribution in [0.25, 0.3) is 0 Å². The van der Waals surface area contributed by atoms with Crippen LogP contribution in [0.4, 0.5) is 5.69 Å². The molecule has 0 bridgehead atoms. The van der Waals surface area contributed by atoms with E-state index in [2.05, 4.69) is 10.7 Å². The number of nitrogens with two attached hydrogens (primary N) is 3. The number of hydrogen-bond acceptors (Lipinski definition) is 10. The summed E-state index contributed by atoms with van der Waals surface area (Å²) in [5.41, 5.74) is 12.0. The second-order valence-electron chi connectivity index (χ2n) is 8.43. The third-order valence-corrected chi connectivity index (χ3v) is 7.45. The minimum atomic E-state index is -1.91. The van der Waals surface area contributed by atoms with E-state index in [0.29, 0.717) is 38.9 Å². The number of anilines is 1. The highest BCUT2D eigenvalue weighted by molar-refractivity contribution is 7.85. The van der Waals surface area contributed by atoms with Crippen molar-refractivity contribution in [3.8, 4) is 0 Å². The lowest BCUT2D eigenvalue weighted by molar-refractivity contribution is -0.170. The van der Waals surface area contributed by atoms with Gasteiger partial charge in [-0.2, -0.15) is 0 Å². The summed E-state index contributed by atoms with van der Waals surface area (Å²) in [6, 6.07) is 1.47. The predicted octanol–water partition coefficient (Wildman–Crippen LogP) is -0.721. The first-order chi connectivity index (χ1) is 15.0. The summed E-state index contributed by atoms with van der Waals surface area (Å²) in [4.78, 5) is 13.1. The van der Waals surface area contributed by atoms with Crippen LogP contribution in [-0.2, 0) is 45.8 Å². The van der Waals surface area contributed by atoms with Crippen LogP contribution in [0.2, 0.25) is 0 Å². The monoisotopic (exact) mass is 502 g/mol. The van der Waals surface area contributed by atoms with Crippen molar-refractivity contribution in [2.45, 2.75) is 67.8 Å². The lowest BCUT2D eigenvalue weighted by Crippen LogP contribution is -2.24. The van der Waals surface area contributed by atoms with Crippen molar-refractivity contribution in [2.75, 3.05) is 5.73 Å². The van der Waals surface area contributed by atoms with Gasteiger partial charge >= 0.3 is 0 Å². The van der Waals surface area contributed by atoms with Gasteiger partial charge in [-0.05, 0) is 43.9 Å². The van der Waals surface area contributed by atoms with Gasteiger partial charge in [0.15, 0.2) is 11.6 Å². The van der Waals surface area contributed by atoms with Crippen molar-refractivity contribution in [3.63, 3.8) is 0 Å². The molecule has 0 saturated heterocycles. The van der Waals surface area contributed by atoms with Crippen LogP contribution in [0.5, 0.6) is 0 Å². The molecule has 4 rings (SSSR count). The summed E-state index contributed by atoms with van der Waals surface area (Å²) < 4.78 is 11.2. The van der Waals surface area contributed by atoms with Gasteiger partial charge < -0.3 is 37.0 Å². The molecule has 1 heterocycles. The zero-order chi connectivity index (χ0) is 25.4. The van der Waals surface area contributed by atoms with Gasteiger partial charge in [0.2, 0.25) is 5.91 Å². The smallest absolute Gasteiger partial charge is 0.214 e. The normalized spacial score (nSPS) is 18.2. The number of primary amides is 1. The Morgan fingerprint density at radius 3 is 1.85 bits per heavy atom. The van der Waals surface area contributed by atoms with E-state index in [1.165, 1.54) is 19.2 Å². The largest absolute Gasteiger partial charge is 0.398 e. The van der Waals surface area contributed by atoms with Gasteiger partial charge in [0.05, 0.1) is 6.20 Å². The maximum atomic E-state index is 10.8. The molecular formula is C20H30N4O7S2. The molecule has 11 N–H and O–H groups in total. The Morgan fingerprint density at radius 2 is 1.55 bits per heavy atom. The third-order valence-electron chi connectivity index (χ3n) is 5.11. The molecule has 0 aliphatic heterocycles. The molecule has 1 aromatic carbocycles. The predicted molar refractivity (Wildman–Crippen MR) is 123 cm³/mol. The Labute approximate surface area is 197 Å². The number of nitrogens with zero attached hydrogens (tertiary/aromatic N) is 1. The van der Waals surface area contributed by atoms with Crippen molar-refractivity contribution in [3.05, 3.63) is 39.5 Å². The second-order valence-corrected chi connectivity index (χ2v) is 10.8. The molecule has 0 spiro atoms. The molecule has 13 heteroatoms. The highest BCUT2D eigenvalue weighted by atomic mass is 32.2. The SMILES string of the molecule is CC(C)(O)c1ncc(S(N)=O)s1.CC(N)=O.Nc1c2c(cc3c1CCC3(O)O)C(O)(O)CC2. The Morgan fingerprint density at radius 1 is 1.12 bits per heavy atom. The second kappa shape index (κ2) is 9.72. The van der Waals surface area contributed by atoms with Crippen LogP contribution in [0, 0.1) is 0 Å². The average molecular weight is 503 g/mol. The highest BCUT2D eigenvalue weighted by Crippen LogP contribution is 2.46. The van der Waals surface area contributed by atoms with Gasteiger partial charge in [0.1, 0.15) is 25.8 Å². The van der Waals surface area contributed by atoms with Gasteiger partial charge in [-0.15, -0.1) is 11.3 Å². The first kappa shape index (κ1) is 27.3. The van der Waals surface area contributed by atoms with Crippen molar-refractivity contribution in [2.24, 2.45) is 10.9 Å². The molecule has 1 atom stereocenters. The summed E-state index contributed by atoms with van der Waals surface area (Å²) in [6.07, 6.45) is 2.82. The Kier molecular flexibility index (Phi) is 8.03. The van der Waals surface area contributed by atoms with Crippen LogP contribution < -0.4 is 16.6 Å². The van der Waals surface area contributed by atoms with E-state index in [-0.39, 0.29) is 18.7 Å². The zero-order valence-electron chi connectivity index (χ0n) is 18.5. The van der Waals surface area contributed by atoms with E-state index in [1.807, 2.05) is 0 Å². The lowest BCUT2D eigenvalue weighted by atomic mass is 9.96. The number of benzene rings is 1. The molecule has 33 heavy (non-hydrogen) atoms. The fraction of sp³-hybridized carbons (Fsp3) is 0.500. The van der Waals surface area contributed by atoms with Gasteiger partial charge in [-0.3, -0.25) is 4.79 Å². The minimum absolute atomic E-state index is 0.194. The Bertz CT molecular complexity index is 1020. The van der Waals surface area contributed by atoms with E-state index < -0.39 is 28.2 Å². The van der Waals surface area contributed by atoms with E-state index in [4.69, 9.17) is 10.9 Å². The van der Waals surface area contributed by atoms with Gasteiger partial charge in [0, 0.05) is 36.6 Å². The van der Waals surface area contributed by atoms with Crippen LogP contribution in [0.1, 0.15) is 60.9 Å². The fourth-order valence-electron chi connectivity index (χ4n) is 3.55. The Balaban J connectivity index is 0.000000211. The van der Waals surface area contributed by atoms with E-state index in [1.54, 1.807) is 13.8 Å². The maximum absolute atomic E-state index is 10.8. The zero-order valence-corrected chi connectivity index (χ0v) is 20.2. The van der Waals surface area contributed by atoms with Crippen molar-refractivity contribution >= 4 is 33.9 Å². The van der Waals surface area contributed by atoms with E-state index in [0.717, 1.165) is 22.5 Å². The minimum Gasteiger partial charge on any atom is -0.398 e. The topological polar surface area (TPSA) is 226 Å². The first-order valence-corrected chi connectivity index (χ1v) is 12.0. The molecule has 1 aromatic heterocycles. The van der Waals surface area contributed by atoms with Crippen LogP contribution in [0.3, 0.4) is 0 Å². The number of hydrogen-bond donors (Lipinski definition) is 8. The summed E-state index contributed by atoms with van der Waals surface area (Å²) >= 11 is 1.16. The van der Waals surface area contributed by atoms with E-state index in [9.17, 15) is 34.5 Å². The molecule has 0 saturated carbocycles. The average Bonchev–Trinajstić information content (AvgIpc) is 3.33. The molecule has 1 unspecified atom stereocenters. The number of fused-ring (bicyclic) bond motifs is 2. The number of amides is 1. The number of aliphatic hydroxyl groups is 5. The fourth-order valence-corrected chi connectivity index (χ4v) is 4.92. The number of aromatic nitrogens is 1.